The van der Waals surface area contributed by atoms with Gasteiger partial charge in [-0.3, -0.25) is 0 Å². The molecule has 0 spiro atoms. The van der Waals surface area contributed by atoms with Crippen molar-refractivity contribution in [2.75, 3.05) is 6.54 Å². The van der Waals surface area contributed by atoms with Gasteiger partial charge in [-0.25, -0.2) is 4.79 Å². The quantitative estimate of drug-likeness (QED) is 0.624. The van der Waals surface area contributed by atoms with Gasteiger partial charge >= 0.3 is 6.09 Å². The second-order valence-electron chi connectivity index (χ2n) is 7.66. The Balaban J connectivity index is 2.93. The molecular weight excluding hydrogens is 278 g/mol. The Hall–Kier alpha value is -0.513. The molecule has 0 aromatic heterocycles. The van der Waals surface area contributed by atoms with Crippen molar-refractivity contribution < 1.29 is 9.53 Å². The summed E-state index contributed by atoms with van der Waals surface area (Å²) in [6.07, 6.45) is 0.995. The third-order valence-electron chi connectivity index (χ3n) is 5.78. The maximum Gasteiger partial charge on any atom is 0.410 e. The van der Waals surface area contributed by atoms with Gasteiger partial charge in [-0.1, -0.05) is 58.2 Å². The van der Waals surface area contributed by atoms with Crippen LogP contribution in [-0.2, 0) is 4.74 Å². The number of nitrogens with zero attached hydrogens (tertiary/aromatic N) is 1. The molecule has 2 atom stereocenters. The van der Waals surface area contributed by atoms with E-state index >= 15 is 0 Å². The number of hydrogen-bond donors (Lipinski definition) is 0. The molecular formula is C17H35NO2Si. The molecule has 1 amide bonds. The second-order valence-corrected chi connectivity index (χ2v) is 13.8. The normalized spacial score (nSPS) is 24.1. The molecule has 21 heavy (non-hydrogen) atoms. The minimum absolute atomic E-state index is 0.111. The Morgan fingerprint density at radius 2 is 1.62 bits per heavy atom. The number of cyclic esters (lactones) is 1. The van der Waals surface area contributed by atoms with Gasteiger partial charge in [0.05, 0.1) is 8.07 Å². The highest BCUT2D eigenvalue weighted by atomic mass is 28.3. The molecule has 1 heterocycles. The van der Waals surface area contributed by atoms with E-state index in [0.717, 1.165) is 35.6 Å². The lowest BCUT2D eigenvalue weighted by molar-refractivity contribution is 0.0117. The maximum absolute atomic E-state index is 12.2. The van der Waals surface area contributed by atoms with Crippen molar-refractivity contribution in [3.63, 3.8) is 0 Å². The van der Waals surface area contributed by atoms with E-state index in [-0.39, 0.29) is 12.2 Å². The van der Waals surface area contributed by atoms with Crippen LogP contribution in [0.2, 0.25) is 22.7 Å². The molecule has 2 unspecified atom stereocenters. The molecule has 0 aromatic rings. The monoisotopic (exact) mass is 313 g/mol. The molecule has 1 aliphatic heterocycles. The Kier molecular flexibility index (Phi) is 6.32. The van der Waals surface area contributed by atoms with Gasteiger partial charge in [0.2, 0.25) is 0 Å². The molecule has 0 radical (unpaired) electrons. The Morgan fingerprint density at radius 3 is 1.95 bits per heavy atom. The Bertz CT molecular complexity index is 333. The zero-order valence-corrected chi connectivity index (χ0v) is 16.3. The van der Waals surface area contributed by atoms with Gasteiger partial charge in [0.25, 0.3) is 0 Å². The molecule has 0 saturated carbocycles. The maximum atomic E-state index is 12.2. The number of carbonyl (C=O) groups is 1. The van der Waals surface area contributed by atoms with E-state index in [4.69, 9.17) is 4.74 Å². The van der Waals surface area contributed by atoms with Crippen molar-refractivity contribution in [1.29, 1.82) is 0 Å². The molecule has 0 N–H and O–H groups in total. The average Bonchev–Trinajstić information content (AvgIpc) is 2.34. The summed E-state index contributed by atoms with van der Waals surface area (Å²) in [6, 6.07) is 1.42. The van der Waals surface area contributed by atoms with Crippen molar-refractivity contribution in [2.24, 2.45) is 0 Å². The lowest BCUT2D eigenvalue weighted by atomic mass is 10.1. The van der Waals surface area contributed by atoms with Crippen LogP contribution in [-0.4, -0.2) is 37.8 Å². The molecule has 0 bridgehead atoms. The lowest BCUT2D eigenvalue weighted by Gasteiger charge is -2.47. The summed E-state index contributed by atoms with van der Waals surface area (Å²) >= 11 is 0. The fourth-order valence-electron chi connectivity index (χ4n) is 4.61. The summed E-state index contributed by atoms with van der Waals surface area (Å²) in [5.41, 5.74) is 2.15. The van der Waals surface area contributed by atoms with Crippen LogP contribution in [0.5, 0.6) is 0 Å². The molecule has 1 aliphatic rings. The summed E-state index contributed by atoms with van der Waals surface area (Å²) in [5, 5.41) is 0. The molecule has 0 aromatic carbocycles. The van der Waals surface area contributed by atoms with Crippen molar-refractivity contribution in [3.05, 3.63) is 0 Å². The van der Waals surface area contributed by atoms with Gasteiger partial charge in [0, 0.05) is 19.0 Å². The van der Waals surface area contributed by atoms with Gasteiger partial charge in [0.15, 0.2) is 0 Å². The third kappa shape index (κ3) is 3.64. The smallest absolute Gasteiger partial charge is 0.410 e. The molecule has 1 saturated heterocycles. The van der Waals surface area contributed by atoms with Gasteiger partial charge in [-0.2, -0.15) is 0 Å². The predicted octanol–water partition coefficient (Wildman–Crippen LogP) is 5.28. The lowest BCUT2D eigenvalue weighted by Crippen LogP contribution is -2.52. The second kappa shape index (κ2) is 7.17. The number of carbonyl (C=O) groups excluding carboxylic acids is 1. The van der Waals surface area contributed by atoms with Crippen LogP contribution in [0.1, 0.15) is 61.8 Å². The number of amides is 1. The largest absolute Gasteiger partial charge is 0.446 e. The number of rotatable bonds is 6. The molecule has 124 valence electrons. The van der Waals surface area contributed by atoms with E-state index in [1.54, 1.807) is 0 Å². The van der Waals surface area contributed by atoms with Crippen LogP contribution >= 0.6 is 0 Å². The topological polar surface area (TPSA) is 29.5 Å². The average molecular weight is 314 g/mol. The summed E-state index contributed by atoms with van der Waals surface area (Å²) in [6.45, 7) is 19.2. The minimum atomic E-state index is -1.50. The first kappa shape index (κ1) is 18.5. The van der Waals surface area contributed by atoms with Crippen molar-refractivity contribution in [2.45, 2.75) is 96.6 Å². The van der Waals surface area contributed by atoms with Gasteiger partial charge in [-0.15, -0.1) is 0 Å². The number of ether oxygens (including phenoxy) is 1. The van der Waals surface area contributed by atoms with Crippen LogP contribution in [0.15, 0.2) is 0 Å². The van der Waals surface area contributed by atoms with Crippen LogP contribution in [0.25, 0.3) is 0 Å². The van der Waals surface area contributed by atoms with E-state index in [1.807, 2.05) is 11.8 Å². The van der Waals surface area contributed by atoms with Crippen molar-refractivity contribution >= 4 is 14.2 Å². The fourth-order valence-corrected chi connectivity index (χ4v) is 11.1. The minimum Gasteiger partial charge on any atom is -0.446 e. The molecule has 4 heteroatoms. The van der Waals surface area contributed by atoms with Crippen molar-refractivity contribution in [3.8, 4) is 0 Å². The van der Waals surface area contributed by atoms with Crippen molar-refractivity contribution in [1.82, 2.24) is 4.90 Å². The number of hydrogen-bond acceptors (Lipinski definition) is 2. The Labute approximate surface area is 132 Å². The van der Waals surface area contributed by atoms with E-state index < -0.39 is 8.07 Å². The van der Waals surface area contributed by atoms with Crippen LogP contribution in [0.4, 0.5) is 4.79 Å². The first-order valence-electron chi connectivity index (χ1n) is 8.63. The molecule has 1 fully saturated rings. The van der Waals surface area contributed by atoms with Crippen LogP contribution < -0.4 is 0 Å². The highest BCUT2D eigenvalue weighted by Gasteiger charge is 2.46. The molecule has 0 aliphatic carbocycles. The highest BCUT2D eigenvalue weighted by molar-refractivity contribution is 6.83. The first-order valence-corrected chi connectivity index (χ1v) is 11.1. The summed E-state index contributed by atoms with van der Waals surface area (Å²) in [5.74, 6) is 0. The van der Waals surface area contributed by atoms with Crippen LogP contribution in [0, 0.1) is 0 Å². The van der Waals surface area contributed by atoms with E-state index in [2.05, 4.69) is 48.5 Å². The van der Waals surface area contributed by atoms with Crippen LogP contribution in [0.3, 0.4) is 0 Å². The standard InChI is InChI=1S/C17H35NO2Si/c1-9-18-15(8)10-16(20-17(18)19)11-21(12(2)3,13(4)5)14(6)7/h12-16H,9-11H2,1-8H3. The molecule has 1 rings (SSSR count). The first-order chi connectivity index (χ1) is 9.66. The summed E-state index contributed by atoms with van der Waals surface area (Å²) in [7, 11) is -1.50. The van der Waals surface area contributed by atoms with E-state index in [0.29, 0.717) is 6.04 Å². The Morgan fingerprint density at radius 1 is 1.14 bits per heavy atom. The SMILES string of the molecule is CCN1C(=O)OC(C[Si](C(C)C)(C(C)C)C(C)C)CC1C. The fraction of sp³-hybridized carbons (Fsp3) is 0.941. The third-order valence-corrected chi connectivity index (χ3v) is 13.4. The zero-order valence-electron chi connectivity index (χ0n) is 15.3. The summed E-state index contributed by atoms with van der Waals surface area (Å²) < 4.78 is 5.79. The van der Waals surface area contributed by atoms with E-state index in [9.17, 15) is 4.79 Å². The van der Waals surface area contributed by atoms with Gasteiger partial charge in [-0.05, 0) is 19.9 Å². The predicted molar refractivity (Wildman–Crippen MR) is 92.6 cm³/mol. The van der Waals surface area contributed by atoms with E-state index in [1.165, 1.54) is 0 Å². The summed E-state index contributed by atoms with van der Waals surface area (Å²) in [4.78, 5) is 14.0. The van der Waals surface area contributed by atoms with Gasteiger partial charge in [0.1, 0.15) is 6.10 Å². The van der Waals surface area contributed by atoms with Gasteiger partial charge < -0.3 is 9.64 Å². The highest BCUT2D eigenvalue weighted by Crippen LogP contribution is 2.46. The zero-order chi connectivity index (χ0) is 16.4. The molecule has 3 nitrogen and oxygen atoms in total.